The van der Waals surface area contributed by atoms with Crippen LogP contribution in [0.4, 0.5) is 0 Å². The Kier molecular flexibility index (Phi) is 10.6. The molecule has 0 spiro atoms. The molecule has 0 amide bonds. The third-order valence-corrected chi connectivity index (χ3v) is 11.0. The van der Waals surface area contributed by atoms with Crippen LogP contribution in [0.25, 0.3) is 44.6 Å². The number of aryl methyl sites for hydroxylation is 1. The SMILES string of the molecule is CC1=C[C@H](C)C[C@H](C)C1c1c(C)nn(-c2[c-]c(Oc3[c-]c4c(cc3)c3ccccc3n4-c3cc(C(C)C)ccn3)cc(C(C)C)c2)c1-c1ccccc1.[Pt+2]. The molecular formula is C48H48N4OPt. The normalized spacial score (nSPS) is 17.3. The van der Waals surface area contributed by atoms with Gasteiger partial charge < -0.3 is 9.30 Å². The third kappa shape index (κ3) is 6.88. The molecule has 0 fully saturated rings. The van der Waals surface area contributed by atoms with Gasteiger partial charge in [0, 0.05) is 40.3 Å². The number of hydrogen-bond donors (Lipinski definition) is 0. The fourth-order valence-electron chi connectivity index (χ4n) is 8.52. The van der Waals surface area contributed by atoms with Crippen LogP contribution in [-0.2, 0) is 21.1 Å². The predicted molar refractivity (Wildman–Crippen MR) is 218 cm³/mol. The molecule has 0 N–H and O–H groups in total. The van der Waals surface area contributed by atoms with E-state index >= 15 is 0 Å². The van der Waals surface area contributed by atoms with Gasteiger partial charge in [0.15, 0.2) is 0 Å². The molecule has 3 aromatic heterocycles. The number of hydrogen-bond acceptors (Lipinski definition) is 3. The van der Waals surface area contributed by atoms with Crippen molar-refractivity contribution in [2.45, 2.75) is 79.6 Å². The van der Waals surface area contributed by atoms with E-state index in [-0.39, 0.29) is 27.0 Å². The van der Waals surface area contributed by atoms with Crippen molar-refractivity contribution in [1.29, 1.82) is 0 Å². The number of nitrogens with zero attached hydrogens (tertiary/aromatic N) is 4. The third-order valence-electron chi connectivity index (χ3n) is 11.0. The maximum Gasteiger partial charge on any atom is 2.00 e. The Balaban J connectivity index is 0.00000450. The van der Waals surface area contributed by atoms with Crippen molar-refractivity contribution in [3.05, 3.63) is 143 Å². The zero-order valence-electron chi connectivity index (χ0n) is 32.4. The number of ether oxygens (including phenoxy) is 1. The summed E-state index contributed by atoms with van der Waals surface area (Å²) in [6.45, 7) is 18.0. The Bertz CT molecular complexity index is 2490. The smallest absolute Gasteiger partial charge is 0.509 e. The number of pyridine rings is 1. The molecule has 1 aliphatic carbocycles. The van der Waals surface area contributed by atoms with Crippen LogP contribution >= 0.6 is 0 Å². The van der Waals surface area contributed by atoms with Crippen molar-refractivity contribution < 1.29 is 25.8 Å². The van der Waals surface area contributed by atoms with Crippen LogP contribution < -0.4 is 4.74 Å². The molecule has 6 heteroatoms. The van der Waals surface area contributed by atoms with E-state index in [4.69, 9.17) is 14.8 Å². The summed E-state index contributed by atoms with van der Waals surface area (Å²) in [5.74, 6) is 4.15. The number of benzene rings is 4. The summed E-state index contributed by atoms with van der Waals surface area (Å²) >= 11 is 0. The van der Waals surface area contributed by atoms with E-state index in [1.807, 2.05) is 12.3 Å². The van der Waals surface area contributed by atoms with Gasteiger partial charge in [-0.2, -0.15) is 11.2 Å². The van der Waals surface area contributed by atoms with Crippen LogP contribution in [0.5, 0.6) is 11.5 Å². The van der Waals surface area contributed by atoms with E-state index in [9.17, 15) is 0 Å². The van der Waals surface area contributed by atoms with Crippen LogP contribution in [0.15, 0.2) is 109 Å². The van der Waals surface area contributed by atoms with Crippen LogP contribution in [0.2, 0.25) is 0 Å². The Morgan fingerprint density at radius 3 is 2.26 bits per heavy atom. The molecule has 4 aromatic carbocycles. The first-order chi connectivity index (χ1) is 25.6. The van der Waals surface area contributed by atoms with Crippen LogP contribution in [0.1, 0.15) is 95.0 Å². The summed E-state index contributed by atoms with van der Waals surface area (Å²) in [5, 5.41) is 7.54. The van der Waals surface area contributed by atoms with Gasteiger partial charge in [-0.1, -0.05) is 107 Å². The molecule has 0 bridgehead atoms. The molecule has 0 aliphatic heterocycles. The van der Waals surface area contributed by atoms with Crippen molar-refractivity contribution in [1.82, 2.24) is 19.3 Å². The molecule has 1 unspecified atom stereocenters. The average Bonchev–Trinajstić information content (AvgIpc) is 3.65. The molecule has 0 saturated carbocycles. The van der Waals surface area contributed by atoms with Crippen molar-refractivity contribution in [2.75, 3.05) is 0 Å². The molecule has 3 atom stereocenters. The molecule has 3 heterocycles. The monoisotopic (exact) mass is 891 g/mol. The number of rotatable bonds is 8. The minimum Gasteiger partial charge on any atom is -0.509 e. The van der Waals surface area contributed by atoms with Gasteiger partial charge in [-0.3, -0.25) is 4.68 Å². The van der Waals surface area contributed by atoms with Crippen LogP contribution in [0.3, 0.4) is 0 Å². The summed E-state index contributed by atoms with van der Waals surface area (Å²) in [6, 6.07) is 39.2. The Morgan fingerprint density at radius 1 is 0.778 bits per heavy atom. The molecular weight excluding hydrogens is 844 g/mol. The van der Waals surface area contributed by atoms with Gasteiger partial charge in [-0.05, 0) is 78.8 Å². The first-order valence-corrected chi connectivity index (χ1v) is 19.1. The maximum absolute atomic E-state index is 6.74. The van der Waals surface area contributed by atoms with Gasteiger partial charge >= 0.3 is 21.1 Å². The summed E-state index contributed by atoms with van der Waals surface area (Å²) in [5.41, 5.74) is 11.3. The molecule has 5 nitrogen and oxygen atoms in total. The van der Waals surface area contributed by atoms with Crippen molar-refractivity contribution in [2.24, 2.45) is 11.8 Å². The van der Waals surface area contributed by atoms with Crippen molar-refractivity contribution in [3.8, 4) is 34.3 Å². The zero-order valence-corrected chi connectivity index (χ0v) is 34.7. The molecule has 8 rings (SSSR count). The summed E-state index contributed by atoms with van der Waals surface area (Å²) < 4.78 is 11.0. The Labute approximate surface area is 334 Å². The average molecular weight is 892 g/mol. The number of allylic oxidation sites excluding steroid dienone is 2. The van der Waals surface area contributed by atoms with Crippen molar-refractivity contribution >= 4 is 21.8 Å². The van der Waals surface area contributed by atoms with Gasteiger partial charge in [0.2, 0.25) is 0 Å². The first-order valence-electron chi connectivity index (χ1n) is 19.1. The summed E-state index contributed by atoms with van der Waals surface area (Å²) in [6.07, 6.45) is 5.52. The fraction of sp³-hybridized carbons (Fsp3) is 0.292. The van der Waals surface area contributed by atoms with Gasteiger partial charge in [-0.15, -0.1) is 41.3 Å². The van der Waals surface area contributed by atoms with E-state index in [0.717, 1.165) is 62.2 Å². The van der Waals surface area contributed by atoms with Crippen LogP contribution in [0, 0.1) is 30.9 Å². The standard InChI is InChI=1S/C48H48N4O.Pt/c1-29(2)36-20-21-49-45(26-36)51-43-17-13-12-16-41(43)42-19-18-39(28-44(42)51)53-40-25-37(30(3)4)24-38(27-40)52-48(35-14-10-9-11-15-35)47(34(8)50-52)46-32(6)22-31(5)23-33(46)7;/h9-22,24-26,29-31,33,46H,23H2,1-8H3;/q-2;+2/t31-,33-,46?;/m0./s1. The van der Waals surface area contributed by atoms with E-state index in [2.05, 4.69) is 168 Å². The first kappa shape index (κ1) is 37.6. The maximum atomic E-state index is 6.74. The molecule has 0 saturated heterocycles. The zero-order chi connectivity index (χ0) is 37.0. The Hall–Kier alpha value is -4.73. The minimum atomic E-state index is 0. The van der Waals surface area contributed by atoms with Crippen molar-refractivity contribution in [3.63, 3.8) is 0 Å². The second kappa shape index (κ2) is 15.2. The quantitative estimate of drug-likeness (QED) is 0.113. The Morgan fingerprint density at radius 2 is 1.52 bits per heavy atom. The van der Waals surface area contributed by atoms with Gasteiger partial charge in [0.05, 0.1) is 11.4 Å². The number of fused-ring (bicyclic) bond motifs is 3. The number of aromatic nitrogens is 4. The topological polar surface area (TPSA) is 44.9 Å². The molecule has 276 valence electrons. The van der Waals surface area contributed by atoms with Gasteiger partial charge in [0.25, 0.3) is 0 Å². The minimum absolute atomic E-state index is 0. The van der Waals surface area contributed by atoms with E-state index < -0.39 is 0 Å². The molecule has 7 aromatic rings. The second-order valence-corrected chi connectivity index (χ2v) is 15.7. The van der Waals surface area contributed by atoms with Crippen LogP contribution in [-0.4, -0.2) is 19.3 Å². The summed E-state index contributed by atoms with van der Waals surface area (Å²) in [7, 11) is 0. The van der Waals surface area contributed by atoms with Gasteiger partial charge in [-0.25, -0.2) is 4.98 Å². The van der Waals surface area contributed by atoms with E-state index in [1.165, 1.54) is 16.7 Å². The predicted octanol–water partition coefficient (Wildman–Crippen LogP) is 12.7. The summed E-state index contributed by atoms with van der Waals surface area (Å²) in [4.78, 5) is 4.83. The molecule has 0 radical (unpaired) electrons. The molecule has 54 heavy (non-hydrogen) atoms. The van der Waals surface area contributed by atoms with Gasteiger partial charge in [0.1, 0.15) is 5.82 Å². The largest absolute Gasteiger partial charge is 2.00 e. The fourth-order valence-corrected chi connectivity index (χ4v) is 8.52. The van der Waals surface area contributed by atoms with E-state index in [1.54, 1.807) is 0 Å². The van der Waals surface area contributed by atoms with E-state index in [0.29, 0.717) is 35.2 Å². The molecule has 1 aliphatic rings. The second-order valence-electron chi connectivity index (χ2n) is 15.7. The number of para-hydroxylation sites is 1.